The average molecular weight is 538 g/mol. The number of carbonyl (C=O) groups is 2. The van der Waals surface area contributed by atoms with Crippen molar-refractivity contribution in [3.8, 4) is 0 Å². The average Bonchev–Trinajstić information content (AvgIpc) is 3.14. The predicted molar refractivity (Wildman–Crippen MR) is 116 cm³/mol. The third-order valence-electron chi connectivity index (χ3n) is 4.56. The van der Waals surface area contributed by atoms with Crippen LogP contribution in [0.2, 0.25) is 0 Å². The highest BCUT2D eigenvalue weighted by atomic mass is 127. The summed E-state index contributed by atoms with van der Waals surface area (Å²) >= 11 is 7.46. The molecule has 0 bridgehead atoms. The summed E-state index contributed by atoms with van der Waals surface area (Å²) in [5.74, 6) is -0.138. The second kappa shape index (κ2) is 6.90. The van der Waals surface area contributed by atoms with Crippen LogP contribution in [0, 0.1) is 3.57 Å². The lowest BCUT2D eigenvalue weighted by molar-refractivity contribution is -0.127. The van der Waals surface area contributed by atoms with E-state index in [1.54, 1.807) is 23.5 Å². The van der Waals surface area contributed by atoms with Gasteiger partial charge in [0, 0.05) is 14.0 Å². The van der Waals surface area contributed by atoms with Crippen molar-refractivity contribution in [2.75, 3.05) is 0 Å². The van der Waals surface area contributed by atoms with Gasteiger partial charge < -0.3 is 4.90 Å². The van der Waals surface area contributed by atoms with Crippen molar-refractivity contribution in [1.29, 1.82) is 0 Å². The van der Waals surface area contributed by atoms with Crippen LogP contribution in [0.1, 0.15) is 10.4 Å². The molecule has 1 aromatic carbocycles. The van der Waals surface area contributed by atoms with Crippen LogP contribution < -0.4 is 0 Å². The Kier molecular flexibility index (Phi) is 4.75. The number of hydrogen-bond donors (Lipinski definition) is 0. The van der Waals surface area contributed by atoms with Crippen molar-refractivity contribution in [2.45, 2.75) is 12.1 Å². The molecule has 1 aliphatic carbocycles. The number of benzene rings is 1. The molecule has 2 heterocycles. The van der Waals surface area contributed by atoms with Crippen LogP contribution in [0.4, 0.5) is 0 Å². The third kappa shape index (κ3) is 2.84. The van der Waals surface area contributed by atoms with Gasteiger partial charge in [-0.15, -0.1) is 11.3 Å². The van der Waals surface area contributed by atoms with E-state index in [0.29, 0.717) is 11.0 Å². The quantitative estimate of drug-likeness (QED) is 0.520. The molecule has 1 amide bonds. The molecular weight excluding hydrogens is 525 g/mol. The minimum atomic E-state index is -0.766. The zero-order valence-corrected chi connectivity index (χ0v) is 18.0. The van der Waals surface area contributed by atoms with Gasteiger partial charge in [-0.2, -0.15) is 0 Å². The molecule has 0 saturated carbocycles. The van der Waals surface area contributed by atoms with Gasteiger partial charge in [0.15, 0.2) is 5.78 Å². The summed E-state index contributed by atoms with van der Waals surface area (Å²) < 4.78 is 1.68. The largest absolute Gasteiger partial charge is 0.316 e. The summed E-state index contributed by atoms with van der Waals surface area (Å²) in [6.07, 6.45) is 6.77. The number of thiophene rings is 1. The SMILES string of the molecule is O=C1C=CC2(C=C1)C(c1ccccc1)=C(Br)C(=O)N2Cc1sccc1I. The molecule has 3 nitrogen and oxygen atoms in total. The number of carbonyl (C=O) groups excluding carboxylic acids is 2. The summed E-state index contributed by atoms with van der Waals surface area (Å²) in [4.78, 5) is 27.9. The fraction of sp³-hybridized carbons (Fsp3) is 0.100. The van der Waals surface area contributed by atoms with Crippen LogP contribution in [0.3, 0.4) is 0 Å². The first-order valence-corrected chi connectivity index (χ1v) is 10.7. The second-order valence-electron chi connectivity index (χ2n) is 6.03. The van der Waals surface area contributed by atoms with Gasteiger partial charge >= 0.3 is 0 Å². The molecule has 0 unspecified atom stereocenters. The van der Waals surface area contributed by atoms with Crippen LogP contribution in [-0.4, -0.2) is 22.1 Å². The standard InChI is InChI=1S/C20H13BrINO2S/c21-18-17(13-4-2-1-3-5-13)20(9-6-14(24)7-10-20)23(19(18)25)12-16-15(22)8-11-26-16/h1-11H,12H2. The van der Waals surface area contributed by atoms with E-state index in [0.717, 1.165) is 19.6 Å². The molecule has 0 N–H and O–H groups in total. The molecular formula is C20H13BrINO2S. The lowest BCUT2D eigenvalue weighted by Gasteiger charge is -2.37. The molecule has 0 atom stereocenters. The van der Waals surface area contributed by atoms with Crippen molar-refractivity contribution in [2.24, 2.45) is 0 Å². The Labute approximate surface area is 177 Å². The Morgan fingerprint density at radius 1 is 1.08 bits per heavy atom. The summed E-state index contributed by atoms with van der Waals surface area (Å²) in [7, 11) is 0. The summed E-state index contributed by atoms with van der Waals surface area (Å²) in [6.45, 7) is 0.489. The van der Waals surface area contributed by atoms with E-state index >= 15 is 0 Å². The van der Waals surface area contributed by atoms with E-state index in [1.807, 2.05) is 58.8 Å². The molecule has 1 aliphatic heterocycles. The summed E-state index contributed by atoms with van der Waals surface area (Å²) in [5.41, 5.74) is 1.06. The van der Waals surface area contributed by atoms with Gasteiger partial charge in [0.25, 0.3) is 5.91 Å². The molecule has 6 heteroatoms. The number of rotatable bonds is 3. The first-order chi connectivity index (χ1) is 12.5. The monoisotopic (exact) mass is 537 g/mol. The van der Waals surface area contributed by atoms with Crippen LogP contribution in [-0.2, 0) is 16.1 Å². The Morgan fingerprint density at radius 2 is 1.77 bits per heavy atom. The number of nitrogens with zero attached hydrogens (tertiary/aromatic N) is 1. The molecule has 4 rings (SSSR count). The first-order valence-electron chi connectivity index (χ1n) is 7.95. The second-order valence-corrected chi connectivity index (χ2v) is 8.99. The van der Waals surface area contributed by atoms with Crippen molar-refractivity contribution in [3.05, 3.63) is 84.6 Å². The van der Waals surface area contributed by atoms with Crippen LogP contribution in [0.25, 0.3) is 5.57 Å². The predicted octanol–water partition coefficient (Wildman–Crippen LogP) is 4.94. The minimum absolute atomic E-state index is 0.0656. The molecule has 130 valence electrons. The summed E-state index contributed by atoms with van der Waals surface area (Å²) in [6, 6.07) is 11.9. The highest BCUT2D eigenvalue weighted by Gasteiger charge is 2.49. The number of amides is 1. The molecule has 26 heavy (non-hydrogen) atoms. The summed E-state index contributed by atoms with van der Waals surface area (Å²) in [5, 5.41) is 2.03. The Balaban J connectivity index is 1.87. The minimum Gasteiger partial charge on any atom is -0.316 e. The molecule has 2 aromatic rings. The zero-order chi connectivity index (χ0) is 18.3. The normalized spacial score (nSPS) is 18.5. The topological polar surface area (TPSA) is 37.4 Å². The van der Waals surface area contributed by atoms with Crippen molar-refractivity contribution in [1.82, 2.24) is 4.90 Å². The maximum Gasteiger partial charge on any atom is 0.262 e. The Morgan fingerprint density at radius 3 is 2.38 bits per heavy atom. The van der Waals surface area contributed by atoms with E-state index in [-0.39, 0.29) is 11.7 Å². The van der Waals surface area contributed by atoms with Crippen LogP contribution in [0.5, 0.6) is 0 Å². The van der Waals surface area contributed by atoms with E-state index in [1.165, 1.54) is 0 Å². The number of halogens is 2. The van der Waals surface area contributed by atoms with Gasteiger partial charge in [-0.25, -0.2) is 0 Å². The zero-order valence-electron chi connectivity index (χ0n) is 13.5. The van der Waals surface area contributed by atoms with Crippen molar-refractivity contribution < 1.29 is 9.59 Å². The third-order valence-corrected chi connectivity index (χ3v) is 7.58. The van der Waals surface area contributed by atoms with Crippen LogP contribution >= 0.6 is 49.9 Å². The van der Waals surface area contributed by atoms with Gasteiger partial charge in [-0.1, -0.05) is 30.3 Å². The molecule has 2 aliphatic rings. The highest BCUT2D eigenvalue weighted by Crippen LogP contribution is 2.48. The molecule has 0 saturated heterocycles. The molecule has 0 fully saturated rings. The maximum absolute atomic E-state index is 13.2. The number of ketones is 1. The van der Waals surface area contributed by atoms with Gasteiger partial charge in [-0.05, 0) is 79.8 Å². The van der Waals surface area contributed by atoms with Crippen LogP contribution in [0.15, 0.2) is 70.6 Å². The highest BCUT2D eigenvalue weighted by molar-refractivity contribution is 14.1. The first kappa shape index (κ1) is 17.9. The molecule has 1 spiro atoms. The van der Waals surface area contributed by atoms with Gasteiger partial charge in [0.05, 0.1) is 11.0 Å². The van der Waals surface area contributed by atoms with E-state index in [2.05, 4.69) is 38.5 Å². The van der Waals surface area contributed by atoms with E-state index in [9.17, 15) is 9.59 Å². The fourth-order valence-electron chi connectivity index (χ4n) is 3.33. The van der Waals surface area contributed by atoms with Crippen molar-refractivity contribution >= 4 is 67.1 Å². The number of hydrogen-bond acceptors (Lipinski definition) is 3. The smallest absolute Gasteiger partial charge is 0.262 e. The lowest BCUT2D eigenvalue weighted by Crippen LogP contribution is -2.45. The number of allylic oxidation sites excluding steroid dienone is 2. The van der Waals surface area contributed by atoms with Crippen molar-refractivity contribution in [3.63, 3.8) is 0 Å². The Bertz CT molecular complexity index is 974. The molecule has 1 aromatic heterocycles. The van der Waals surface area contributed by atoms with Gasteiger partial charge in [0.2, 0.25) is 0 Å². The molecule has 0 radical (unpaired) electrons. The maximum atomic E-state index is 13.2. The van der Waals surface area contributed by atoms with Gasteiger partial charge in [-0.3, -0.25) is 9.59 Å². The Hall–Kier alpha value is -1.51. The van der Waals surface area contributed by atoms with E-state index in [4.69, 9.17) is 0 Å². The fourth-order valence-corrected chi connectivity index (χ4v) is 5.82. The van der Waals surface area contributed by atoms with E-state index < -0.39 is 5.54 Å². The lowest BCUT2D eigenvalue weighted by atomic mass is 9.82. The van der Waals surface area contributed by atoms with Gasteiger partial charge in [0.1, 0.15) is 5.54 Å².